The van der Waals surface area contributed by atoms with Crippen molar-refractivity contribution >= 4 is 23.2 Å². The molecule has 3 fully saturated rings. The molecule has 0 aliphatic carbocycles. The molecule has 28 heavy (non-hydrogen) atoms. The summed E-state index contributed by atoms with van der Waals surface area (Å²) in [6.45, 7) is 2.92. The minimum atomic E-state index is -4.75. The van der Waals surface area contributed by atoms with Gasteiger partial charge in [0.25, 0.3) is 6.47 Å². The predicted molar refractivity (Wildman–Crippen MR) is 93.1 cm³/mol. The summed E-state index contributed by atoms with van der Waals surface area (Å²) in [5.41, 5.74) is 0.657. The number of piperidine rings is 3. The van der Waals surface area contributed by atoms with Gasteiger partial charge in [-0.2, -0.15) is 5.10 Å². The van der Waals surface area contributed by atoms with Crippen LogP contribution in [0.5, 0.6) is 5.75 Å². The maximum atomic E-state index is 12.7. The minimum Gasteiger partial charge on any atom is -0.483 e. The Labute approximate surface area is 158 Å². The third-order valence-corrected chi connectivity index (χ3v) is 5.27. The number of benzene rings is 1. The Balaban J connectivity index is 0.000000706. The second-order valence-corrected chi connectivity index (χ2v) is 6.96. The largest absolute Gasteiger partial charge is 0.573 e. The fourth-order valence-electron chi connectivity index (χ4n) is 4.06. The van der Waals surface area contributed by atoms with Crippen LogP contribution >= 0.6 is 0 Å². The number of nitrogens with zero attached hydrogens (tertiary/aromatic N) is 2. The molecule has 3 aliphatic rings. The highest BCUT2D eigenvalue weighted by Crippen LogP contribution is 2.35. The second kappa shape index (κ2) is 8.17. The van der Waals surface area contributed by atoms with Crippen molar-refractivity contribution < 1.29 is 32.6 Å². The lowest BCUT2D eigenvalue weighted by Gasteiger charge is -2.44. The Morgan fingerprint density at radius 3 is 2.61 bits per heavy atom. The number of fused-ring (bicyclic) bond motifs is 4. The van der Waals surface area contributed by atoms with Crippen LogP contribution in [0.1, 0.15) is 29.8 Å². The number of alkyl halides is 3. The fourth-order valence-corrected chi connectivity index (χ4v) is 4.06. The van der Waals surface area contributed by atoms with Gasteiger partial charge in [-0.3, -0.25) is 14.7 Å². The molecule has 0 spiro atoms. The van der Waals surface area contributed by atoms with Crippen LogP contribution < -0.4 is 4.74 Å². The van der Waals surface area contributed by atoms with Crippen LogP contribution in [0.3, 0.4) is 0 Å². The number of carbonyl (C=O) groups is 2. The number of rotatable bonds is 4. The second-order valence-electron chi connectivity index (χ2n) is 6.96. The highest BCUT2D eigenvalue weighted by atomic mass is 19.4. The van der Waals surface area contributed by atoms with Gasteiger partial charge in [-0.1, -0.05) is 0 Å². The van der Waals surface area contributed by atoms with Crippen LogP contribution in [0.25, 0.3) is 10.9 Å². The monoisotopic (exact) mass is 399 g/mol. The number of Topliss-reactive ketones (excluding diaryl/α,β-unsaturated/α-hetero) is 1. The molecule has 1 aromatic heterocycles. The molecule has 0 saturated carbocycles. The molecule has 2 aromatic rings. The van der Waals surface area contributed by atoms with Gasteiger partial charge in [0.1, 0.15) is 11.4 Å². The van der Waals surface area contributed by atoms with E-state index in [-0.39, 0.29) is 18.0 Å². The van der Waals surface area contributed by atoms with E-state index in [4.69, 9.17) is 9.90 Å². The molecular weight excluding hydrogens is 379 g/mol. The van der Waals surface area contributed by atoms with Crippen LogP contribution in [0.4, 0.5) is 13.2 Å². The summed E-state index contributed by atoms with van der Waals surface area (Å²) in [7, 11) is 0. The summed E-state index contributed by atoms with van der Waals surface area (Å²) < 4.78 is 40.8. The van der Waals surface area contributed by atoms with Gasteiger partial charge in [-0.05, 0) is 49.9 Å². The molecule has 3 aliphatic heterocycles. The molecule has 152 valence electrons. The van der Waals surface area contributed by atoms with E-state index in [0.29, 0.717) is 34.9 Å². The number of H-pyrrole nitrogens is 1. The summed E-state index contributed by atoms with van der Waals surface area (Å²) in [4.78, 5) is 23.4. The van der Waals surface area contributed by atoms with E-state index >= 15 is 0 Å². The molecule has 3 saturated heterocycles. The quantitative estimate of drug-likeness (QED) is 0.606. The molecule has 0 unspecified atom stereocenters. The van der Waals surface area contributed by atoms with E-state index in [1.165, 1.54) is 18.2 Å². The van der Waals surface area contributed by atoms with E-state index in [9.17, 15) is 18.0 Å². The zero-order chi connectivity index (χ0) is 20.3. The molecule has 1 aromatic carbocycles. The zero-order valence-corrected chi connectivity index (χ0v) is 14.9. The number of hydrogen-bond donors (Lipinski definition) is 2. The number of ketones is 1. The van der Waals surface area contributed by atoms with Crippen LogP contribution in [0, 0.1) is 11.8 Å². The molecule has 4 heterocycles. The number of ether oxygens (including phenoxy) is 1. The maximum absolute atomic E-state index is 12.7. The average molecular weight is 399 g/mol. The molecule has 0 radical (unpaired) electrons. The Morgan fingerprint density at radius 1 is 1.36 bits per heavy atom. The van der Waals surface area contributed by atoms with Crippen molar-refractivity contribution in [3.8, 4) is 5.75 Å². The molecule has 7 nitrogen and oxygen atoms in total. The number of carbonyl (C=O) groups excluding carboxylic acids is 1. The smallest absolute Gasteiger partial charge is 0.483 e. The van der Waals surface area contributed by atoms with Gasteiger partial charge < -0.3 is 14.7 Å². The van der Waals surface area contributed by atoms with E-state index in [1.807, 2.05) is 0 Å². The van der Waals surface area contributed by atoms with E-state index in [1.54, 1.807) is 0 Å². The summed E-state index contributed by atoms with van der Waals surface area (Å²) in [5.74, 6) is 0.537. The molecule has 1 atom stereocenters. The third-order valence-electron chi connectivity index (χ3n) is 5.27. The van der Waals surface area contributed by atoms with Crippen molar-refractivity contribution in [1.82, 2.24) is 15.1 Å². The van der Waals surface area contributed by atoms with Gasteiger partial charge in [0.2, 0.25) is 0 Å². The zero-order valence-electron chi connectivity index (χ0n) is 14.9. The van der Waals surface area contributed by atoms with Crippen molar-refractivity contribution in [2.75, 3.05) is 19.6 Å². The number of carboxylic acid groups (broad SMARTS) is 1. The van der Waals surface area contributed by atoms with Crippen LogP contribution in [0.2, 0.25) is 0 Å². The van der Waals surface area contributed by atoms with Gasteiger partial charge in [0, 0.05) is 24.4 Å². The standard InChI is InChI=1S/C17H18F3N3O2.CH2O2/c18-17(19,20)25-12-1-2-13-14(8-12)21-22-16(13)15(24)7-11-9-23-5-3-10(11)4-6-23;2-1-3/h1-2,8,10-11H,3-7,9H2,(H,21,22);1H,(H,2,3)/t11-;/m1./s1. The minimum absolute atomic E-state index is 0.0607. The lowest BCUT2D eigenvalue weighted by Crippen LogP contribution is -2.47. The van der Waals surface area contributed by atoms with Gasteiger partial charge in [-0.15, -0.1) is 13.2 Å². The van der Waals surface area contributed by atoms with Crippen molar-refractivity contribution in [3.63, 3.8) is 0 Å². The summed E-state index contributed by atoms with van der Waals surface area (Å²) in [6.07, 6.45) is -2.04. The summed E-state index contributed by atoms with van der Waals surface area (Å²) >= 11 is 0. The summed E-state index contributed by atoms with van der Waals surface area (Å²) in [5, 5.41) is 14.1. The molecule has 2 bridgehead atoms. The van der Waals surface area contributed by atoms with Crippen molar-refractivity contribution in [2.24, 2.45) is 11.8 Å². The number of halogens is 3. The van der Waals surface area contributed by atoms with E-state index in [2.05, 4.69) is 19.8 Å². The highest BCUT2D eigenvalue weighted by Gasteiger charge is 2.36. The molecular formula is C18H20F3N3O4. The van der Waals surface area contributed by atoms with E-state index in [0.717, 1.165) is 32.5 Å². The SMILES string of the molecule is O=C(C[C@@H]1CN2CCC1CC2)c1n[nH]c2cc(OC(F)(F)F)ccc12.O=CO. The van der Waals surface area contributed by atoms with Crippen LogP contribution in [-0.4, -0.2) is 58.5 Å². The van der Waals surface area contributed by atoms with E-state index < -0.39 is 6.36 Å². The lowest BCUT2D eigenvalue weighted by molar-refractivity contribution is -0.274. The van der Waals surface area contributed by atoms with Gasteiger partial charge in [-0.25, -0.2) is 0 Å². The van der Waals surface area contributed by atoms with Gasteiger partial charge in [0.05, 0.1) is 5.52 Å². The van der Waals surface area contributed by atoms with Crippen LogP contribution in [-0.2, 0) is 4.79 Å². The van der Waals surface area contributed by atoms with Crippen molar-refractivity contribution in [2.45, 2.75) is 25.6 Å². The maximum Gasteiger partial charge on any atom is 0.573 e. The number of aromatic amines is 1. The average Bonchev–Trinajstić information content (AvgIpc) is 3.05. The first kappa shape index (κ1) is 20.1. The van der Waals surface area contributed by atoms with Crippen molar-refractivity contribution in [3.05, 3.63) is 23.9 Å². The lowest BCUT2D eigenvalue weighted by atomic mass is 9.76. The fraction of sp³-hybridized carbons (Fsp3) is 0.500. The first-order valence-electron chi connectivity index (χ1n) is 8.88. The number of aromatic nitrogens is 2. The number of hydrogen-bond acceptors (Lipinski definition) is 5. The summed E-state index contributed by atoms with van der Waals surface area (Å²) in [6, 6.07) is 3.86. The normalized spacial score (nSPS) is 23.8. The van der Waals surface area contributed by atoms with Crippen LogP contribution in [0.15, 0.2) is 18.2 Å². The topological polar surface area (TPSA) is 95.5 Å². The predicted octanol–water partition coefficient (Wildman–Crippen LogP) is 3.08. The Morgan fingerprint density at radius 2 is 2.04 bits per heavy atom. The van der Waals surface area contributed by atoms with Gasteiger partial charge in [0.15, 0.2) is 5.78 Å². The highest BCUT2D eigenvalue weighted by molar-refractivity contribution is 6.06. The molecule has 2 N–H and O–H groups in total. The Hall–Kier alpha value is -2.62. The van der Waals surface area contributed by atoms with Crippen molar-refractivity contribution in [1.29, 1.82) is 0 Å². The molecule has 5 rings (SSSR count). The number of nitrogens with one attached hydrogen (secondary N) is 1. The first-order chi connectivity index (χ1) is 13.3. The Bertz CT molecular complexity index is 844. The molecule has 0 amide bonds. The first-order valence-corrected chi connectivity index (χ1v) is 8.88. The van der Waals surface area contributed by atoms with Gasteiger partial charge >= 0.3 is 6.36 Å². The third kappa shape index (κ3) is 4.61. The Kier molecular flexibility index (Phi) is 5.87. The molecule has 10 heteroatoms.